The van der Waals surface area contributed by atoms with Gasteiger partial charge in [0, 0.05) is 36.5 Å². The van der Waals surface area contributed by atoms with E-state index in [9.17, 15) is 28.8 Å². The van der Waals surface area contributed by atoms with E-state index in [1.54, 1.807) is 62.8 Å². The third-order valence-corrected chi connectivity index (χ3v) is 7.72. The molecule has 5 N–H and O–H groups in total. The van der Waals surface area contributed by atoms with E-state index >= 15 is 0 Å². The van der Waals surface area contributed by atoms with Crippen molar-refractivity contribution in [1.82, 2.24) is 15.2 Å². The molecule has 5 amide bonds. The molecule has 3 aromatic rings. The molecule has 1 aromatic carbocycles. The summed E-state index contributed by atoms with van der Waals surface area (Å²) in [5, 5.41) is 14.8. The van der Waals surface area contributed by atoms with E-state index in [1.165, 1.54) is 32.3 Å². The molecule has 2 heterocycles. The van der Waals surface area contributed by atoms with Crippen molar-refractivity contribution < 1.29 is 38.2 Å². The van der Waals surface area contributed by atoms with Crippen LogP contribution in [0.5, 0.6) is 0 Å². The third-order valence-electron chi connectivity index (χ3n) is 6.69. The number of thiophene rings is 1. The molecule has 0 saturated carbocycles. The first-order chi connectivity index (χ1) is 22.0. The molecule has 0 bridgehead atoms. The Kier molecular flexibility index (Phi) is 12.5. The molecule has 0 saturated heterocycles. The van der Waals surface area contributed by atoms with Gasteiger partial charge >= 0.3 is 12.1 Å². The van der Waals surface area contributed by atoms with Gasteiger partial charge in [-0.25, -0.2) is 4.79 Å². The lowest BCUT2D eigenvalue weighted by Gasteiger charge is -2.19. The summed E-state index contributed by atoms with van der Waals surface area (Å²) in [5.41, 5.74) is 0.594. The molecule has 0 unspecified atom stereocenters. The van der Waals surface area contributed by atoms with Gasteiger partial charge in [-0.3, -0.25) is 29.3 Å². The van der Waals surface area contributed by atoms with Crippen LogP contribution in [0.1, 0.15) is 70.8 Å². The molecular weight excluding hydrogens is 628 g/mol. The van der Waals surface area contributed by atoms with Crippen LogP contribution in [-0.2, 0) is 35.7 Å². The summed E-state index contributed by atoms with van der Waals surface area (Å²) < 4.78 is 12.3. The van der Waals surface area contributed by atoms with Gasteiger partial charge in [-0.1, -0.05) is 0 Å². The zero-order valence-electron chi connectivity index (χ0n) is 27.6. The van der Waals surface area contributed by atoms with Crippen LogP contribution in [0.4, 0.5) is 21.2 Å². The maximum atomic E-state index is 13.0. The van der Waals surface area contributed by atoms with Crippen molar-refractivity contribution in [2.45, 2.75) is 78.0 Å². The number of aromatic nitrogens is 1. The number of benzene rings is 1. The Balaban J connectivity index is 1.52. The normalized spacial score (nSPS) is 12.4. The molecule has 0 radical (unpaired) electrons. The molecular formula is C32H42N6O8S. The van der Waals surface area contributed by atoms with Crippen LogP contribution in [0.2, 0.25) is 0 Å². The lowest BCUT2D eigenvalue weighted by atomic mass is 10.1. The van der Waals surface area contributed by atoms with Gasteiger partial charge in [0.1, 0.15) is 23.4 Å². The average molecular weight is 671 g/mol. The highest BCUT2D eigenvalue weighted by Gasteiger charge is 2.22. The Morgan fingerprint density at radius 2 is 1.53 bits per heavy atom. The van der Waals surface area contributed by atoms with Gasteiger partial charge in [0.05, 0.1) is 17.8 Å². The lowest BCUT2D eigenvalue weighted by molar-refractivity contribution is -0.140. The SMILES string of the molecule is COC(=O)CCCCC(=O)N[C@@H](C)C(=O)N[C@@H](C)C(=O)Nc1cc2cc(NC(=O)c3cc(NC(=O)OC(C)(C)C)cn3C)ccc2s1. The van der Waals surface area contributed by atoms with Gasteiger partial charge in [0.2, 0.25) is 17.7 Å². The van der Waals surface area contributed by atoms with Crippen molar-refractivity contribution in [3.05, 3.63) is 42.2 Å². The van der Waals surface area contributed by atoms with E-state index in [4.69, 9.17) is 4.74 Å². The Morgan fingerprint density at radius 1 is 0.851 bits per heavy atom. The maximum Gasteiger partial charge on any atom is 0.412 e. The Bertz CT molecular complexity index is 1640. The third kappa shape index (κ3) is 11.4. The molecule has 3 rings (SSSR count). The minimum absolute atomic E-state index is 0.155. The molecule has 47 heavy (non-hydrogen) atoms. The van der Waals surface area contributed by atoms with Crippen LogP contribution in [0.15, 0.2) is 36.5 Å². The molecule has 0 aliphatic heterocycles. The number of methoxy groups -OCH3 is 1. The van der Waals surface area contributed by atoms with Crippen LogP contribution in [0.25, 0.3) is 10.1 Å². The van der Waals surface area contributed by atoms with Crippen molar-refractivity contribution in [2.75, 3.05) is 23.1 Å². The van der Waals surface area contributed by atoms with Gasteiger partial charge in [0.25, 0.3) is 5.91 Å². The highest BCUT2D eigenvalue weighted by atomic mass is 32.1. The number of anilines is 3. The molecule has 0 aliphatic carbocycles. The molecule has 2 atom stereocenters. The van der Waals surface area contributed by atoms with Crippen LogP contribution in [-0.4, -0.2) is 65.1 Å². The van der Waals surface area contributed by atoms with Gasteiger partial charge < -0.3 is 35.3 Å². The summed E-state index contributed by atoms with van der Waals surface area (Å²) in [6, 6.07) is 6.88. The maximum absolute atomic E-state index is 13.0. The number of carbonyl (C=O) groups is 6. The van der Waals surface area contributed by atoms with Crippen LogP contribution >= 0.6 is 11.3 Å². The number of aryl methyl sites for hydroxylation is 1. The summed E-state index contributed by atoms with van der Waals surface area (Å²) in [4.78, 5) is 73.8. The first kappa shape index (κ1) is 36.5. The number of hydrogen-bond donors (Lipinski definition) is 5. The largest absolute Gasteiger partial charge is 0.469 e. The number of esters is 1. The molecule has 0 spiro atoms. The van der Waals surface area contributed by atoms with E-state index < -0.39 is 35.6 Å². The number of unbranched alkanes of at least 4 members (excludes halogenated alkanes) is 1. The highest BCUT2D eigenvalue weighted by Crippen LogP contribution is 2.32. The van der Waals surface area contributed by atoms with Gasteiger partial charge in [-0.15, -0.1) is 11.3 Å². The van der Waals surface area contributed by atoms with Crippen molar-refractivity contribution >= 4 is 73.5 Å². The number of amides is 5. The second kappa shape index (κ2) is 16.1. The van der Waals surface area contributed by atoms with Crippen molar-refractivity contribution in [3.8, 4) is 0 Å². The lowest BCUT2D eigenvalue weighted by Crippen LogP contribution is -2.50. The quantitative estimate of drug-likeness (QED) is 0.130. The van der Waals surface area contributed by atoms with E-state index in [-0.39, 0.29) is 30.6 Å². The van der Waals surface area contributed by atoms with E-state index in [1.807, 2.05) is 6.07 Å². The standard InChI is InChI=1S/C32H42N6O8S/c1-18(33-25(39)10-8-9-11-27(40)45-7)28(41)34-19(2)29(42)37-26-15-20-14-21(12-13-24(20)47-26)35-30(43)23-16-22(17-38(23)6)36-31(44)46-32(3,4)5/h12-19H,8-11H2,1-7H3,(H,33,39)(H,34,41)(H,35,43)(H,36,44)(H,37,42)/t18-,19-/m0/s1. The van der Waals surface area contributed by atoms with Crippen LogP contribution in [0, 0.1) is 0 Å². The Morgan fingerprint density at radius 3 is 2.21 bits per heavy atom. The zero-order chi connectivity index (χ0) is 34.9. The molecule has 2 aromatic heterocycles. The Hall–Kier alpha value is -4.92. The first-order valence-corrected chi connectivity index (χ1v) is 15.8. The topological polar surface area (TPSA) is 186 Å². The van der Waals surface area contributed by atoms with Gasteiger partial charge in [-0.05, 0) is 83.2 Å². The number of nitrogens with zero attached hydrogens (tertiary/aromatic N) is 1. The van der Waals surface area contributed by atoms with E-state index in [2.05, 4.69) is 31.3 Å². The summed E-state index contributed by atoms with van der Waals surface area (Å²) in [6.07, 6.45) is 2.32. The van der Waals surface area contributed by atoms with Crippen molar-refractivity contribution in [3.63, 3.8) is 0 Å². The number of carbonyl (C=O) groups excluding carboxylic acids is 6. The summed E-state index contributed by atoms with van der Waals surface area (Å²) in [6.45, 7) is 8.32. The Labute approximate surface area is 276 Å². The predicted octanol–water partition coefficient (Wildman–Crippen LogP) is 4.52. The second-order valence-electron chi connectivity index (χ2n) is 12.0. The summed E-state index contributed by atoms with van der Waals surface area (Å²) in [7, 11) is 2.99. The molecule has 14 nitrogen and oxygen atoms in total. The van der Waals surface area contributed by atoms with Gasteiger partial charge in [-0.2, -0.15) is 0 Å². The summed E-state index contributed by atoms with van der Waals surface area (Å²) in [5.74, 6) is -2.03. The van der Waals surface area contributed by atoms with Crippen molar-refractivity contribution in [1.29, 1.82) is 0 Å². The fourth-order valence-electron chi connectivity index (χ4n) is 4.33. The van der Waals surface area contributed by atoms with E-state index in [0.717, 1.165) is 10.1 Å². The molecule has 0 aliphatic rings. The number of fused-ring (bicyclic) bond motifs is 1. The minimum Gasteiger partial charge on any atom is -0.469 e. The number of rotatable bonds is 13. The second-order valence-corrected chi connectivity index (χ2v) is 13.0. The molecule has 0 fully saturated rings. The monoisotopic (exact) mass is 670 g/mol. The van der Waals surface area contributed by atoms with Crippen LogP contribution in [0.3, 0.4) is 0 Å². The number of hydrogen-bond acceptors (Lipinski definition) is 9. The minimum atomic E-state index is -0.887. The summed E-state index contributed by atoms with van der Waals surface area (Å²) >= 11 is 1.33. The zero-order valence-corrected chi connectivity index (χ0v) is 28.4. The highest BCUT2D eigenvalue weighted by molar-refractivity contribution is 7.23. The van der Waals surface area contributed by atoms with E-state index in [0.29, 0.717) is 34.9 Å². The first-order valence-electron chi connectivity index (χ1n) is 15.0. The fourth-order valence-corrected chi connectivity index (χ4v) is 5.27. The molecule has 254 valence electrons. The molecule has 15 heteroatoms. The van der Waals surface area contributed by atoms with Crippen molar-refractivity contribution in [2.24, 2.45) is 7.05 Å². The van der Waals surface area contributed by atoms with Crippen LogP contribution < -0.4 is 26.6 Å². The average Bonchev–Trinajstić information content (AvgIpc) is 3.55. The smallest absolute Gasteiger partial charge is 0.412 e. The number of nitrogens with one attached hydrogen (secondary N) is 5. The fraction of sp³-hybridized carbons (Fsp3) is 0.438. The predicted molar refractivity (Wildman–Crippen MR) is 179 cm³/mol. The van der Waals surface area contributed by atoms with Gasteiger partial charge in [0.15, 0.2) is 0 Å². The number of ether oxygens (including phenoxy) is 2.